The molecule has 9 rings (SSSR count). The molecular formula is C43H32N2. The first-order valence-electron chi connectivity index (χ1n) is 15.7. The van der Waals surface area contributed by atoms with Crippen LogP contribution in [-0.2, 0) is 5.41 Å². The zero-order chi connectivity index (χ0) is 30.1. The Morgan fingerprint density at radius 3 is 1.80 bits per heavy atom. The third-order valence-corrected chi connectivity index (χ3v) is 9.71. The van der Waals surface area contributed by atoms with E-state index in [1.165, 1.54) is 61.2 Å². The zero-order valence-corrected chi connectivity index (χ0v) is 25.4. The van der Waals surface area contributed by atoms with Crippen LogP contribution in [-0.4, -0.2) is 0 Å². The lowest BCUT2D eigenvalue weighted by molar-refractivity contribution is 0.660. The van der Waals surface area contributed by atoms with E-state index in [2.05, 4.69) is 181 Å². The van der Waals surface area contributed by atoms with Crippen molar-refractivity contribution in [3.05, 3.63) is 169 Å². The predicted octanol–water partition coefficient (Wildman–Crippen LogP) is 12.1. The first kappa shape index (κ1) is 25.9. The molecule has 2 aliphatic rings. The maximum absolute atomic E-state index is 2.50. The monoisotopic (exact) mass is 576 g/mol. The average molecular weight is 577 g/mol. The number of para-hydroxylation sites is 2. The summed E-state index contributed by atoms with van der Waals surface area (Å²) in [5.41, 5.74) is 14.7. The van der Waals surface area contributed by atoms with Gasteiger partial charge in [0.1, 0.15) is 0 Å². The fourth-order valence-electron chi connectivity index (χ4n) is 7.63. The quantitative estimate of drug-likeness (QED) is 0.206. The molecule has 0 fully saturated rings. The molecule has 7 aromatic carbocycles. The molecule has 1 aliphatic carbocycles. The van der Waals surface area contributed by atoms with Gasteiger partial charge >= 0.3 is 0 Å². The molecule has 0 atom stereocenters. The lowest BCUT2D eigenvalue weighted by atomic mass is 9.80. The molecule has 0 aromatic heterocycles. The van der Waals surface area contributed by atoms with Crippen molar-refractivity contribution in [1.29, 1.82) is 0 Å². The minimum atomic E-state index is -0.171. The van der Waals surface area contributed by atoms with E-state index in [4.69, 9.17) is 0 Å². The van der Waals surface area contributed by atoms with Crippen LogP contribution >= 0.6 is 0 Å². The molecule has 0 saturated heterocycles. The van der Waals surface area contributed by atoms with Gasteiger partial charge in [0.05, 0.1) is 22.7 Å². The van der Waals surface area contributed by atoms with Gasteiger partial charge in [-0.15, -0.1) is 0 Å². The summed E-state index contributed by atoms with van der Waals surface area (Å²) < 4.78 is 0. The number of benzene rings is 7. The number of rotatable bonds is 3. The molecule has 0 saturated carbocycles. The van der Waals surface area contributed by atoms with E-state index in [0.717, 1.165) is 17.1 Å². The Labute approximate surface area is 264 Å². The van der Waals surface area contributed by atoms with Gasteiger partial charge in [0, 0.05) is 16.8 Å². The Hall–Kier alpha value is -5.60. The number of anilines is 6. The van der Waals surface area contributed by atoms with Crippen LogP contribution in [0.5, 0.6) is 0 Å². The van der Waals surface area contributed by atoms with Crippen LogP contribution in [0.3, 0.4) is 0 Å². The minimum absolute atomic E-state index is 0.171. The summed E-state index contributed by atoms with van der Waals surface area (Å²) in [7, 11) is 0. The summed E-state index contributed by atoms with van der Waals surface area (Å²) in [6, 6.07) is 57.6. The smallest absolute Gasteiger partial charge is 0.0750 e. The topological polar surface area (TPSA) is 6.48 Å². The largest absolute Gasteiger partial charge is 0.306 e. The van der Waals surface area contributed by atoms with Crippen LogP contribution in [0.15, 0.2) is 158 Å². The molecular weight excluding hydrogens is 544 g/mol. The Balaban J connectivity index is 1.35. The Morgan fingerprint density at radius 1 is 0.422 bits per heavy atom. The molecule has 0 radical (unpaired) electrons. The minimum Gasteiger partial charge on any atom is -0.306 e. The van der Waals surface area contributed by atoms with E-state index in [0.29, 0.717) is 0 Å². The van der Waals surface area contributed by atoms with E-state index in [1.807, 2.05) is 0 Å². The summed E-state index contributed by atoms with van der Waals surface area (Å²) in [5.74, 6) is 0. The fraction of sp³-hybridized carbons (Fsp3) is 0.0698. The van der Waals surface area contributed by atoms with E-state index < -0.39 is 0 Å². The van der Waals surface area contributed by atoms with Gasteiger partial charge in [0.15, 0.2) is 0 Å². The highest BCUT2D eigenvalue weighted by molar-refractivity contribution is 6.07. The van der Waals surface area contributed by atoms with Gasteiger partial charge in [-0.3, -0.25) is 0 Å². The van der Waals surface area contributed by atoms with Crippen LogP contribution < -0.4 is 9.80 Å². The van der Waals surface area contributed by atoms with Crippen LogP contribution in [0.4, 0.5) is 34.1 Å². The van der Waals surface area contributed by atoms with Crippen molar-refractivity contribution in [2.24, 2.45) is 0 Å². The summed E-state index contributed by atoms with van der Waals surface area (Å²) in [6.07, 6.45) is 0. The Bertz CT molecular complexity index is 2250. The second kappa shape index (κ2) is 9.70. The van der Waals surface area contributed by atoms with Crippen molar-refractivity contribution in [2.45, 2.75) is 19.3 Å². The van der Waals surface area contributed by atoms with Crippen molar-refractivity contribution in [2.75, 3.05) is 9.80 Å². The molecule has 0 N–H and O–H groups in total. The third-order valence-electron chi connectivity index (χ3n) is 9.71. The average Bonchev–Trinajstić information content (AvgIpc) is 3.33. The second-order valence-electron chi connectivity index (χ2n) is 12.6. The molecule has 0 spiro atoms. The van der Waals surface area contributed by atoms with Crippen LogP contribution in [0, 0.1) is 0 Å². The Morgan fingerprint density at radius 2 is 1.02 bits per heavy atom. The number of nitrogens with zero attached hydrogens (tertiary/aromatic N) is 2. The van der Waals surface area contributed by atoms with Crippen molar-refractivity contribution in [3.63, 3.8) is 0 Å². The highest BCUT2D eigenvalue weighted by atomic mass is 15.3. The van der Waals surface area contributed by atoms with Gasteiger partial charge in [0.2, 0.25) is 0 Å². The summed E-state index contributed by atoms with van der Waals surface area (Å²) in [6.45, 7) is 4.76. The number of hydrogen-bond acceptors (Lipinski definition) is 2. The normalized spacial score (nSPS) is 14.1. The Kier molecular flexibility index (Phi) is 5.58. The first-order valence-corrected chi connectivity index (χ1v) is 15.7. The molecule has 0 unspecified atom stereocenters. The molecule has 214 valence electrons. The van der Waals surface area contributed by atoms with Gasteiger partial charge in [-0.05, 0) is 92.7 Å². The zero-order valence-electron chi connectivity index (χ0n) is 25.4. The fourth-order valence-corrected chi connectivity index (χ4v) is 7.63. The highest BCUT2D eigenvalue weighted by Gasteiger charge is 2.43. The van der Waals surface area contributed by atoms with E-state index in [-0.39, 0.29) is 5.41 Å². The van der Waals surface area contributed by atoms with E-state index >= 15 is 0 Å². The van der Waals surface area contributed by atoms with E-state index in [9.17, 15) is 0 Å². The summed E-state index contributed by atoms with van der Waals surface area (Å²) >= 11 is 0. The molecule has 2 heteroatoms. The van der Waals surface area contributed by atoms with Gasteiger partial charge in [-0.2, -0.15) is 0 Å². The molecule has 2 nitrogen and oxygen atoms in total. The molecule has 45 heavy (non-hydrogen) atoms. The highest BCUT2D eigenvalue weighted by Crippen LogP contribution is 2.62. The van der Waals surface area contributed by atoms with E-state index in [1.54, 1.807) is 0 Å². The summed E-state index contributed by atoms with van der Waals surface area (Å²) in [4.78, 5) is 4.97. The molecule has 1 aliphatic heterocycles. The molecule has 0 amide bonds. The van der Waals surface area contributed by atoms with Gasteiger partial charge in [-0.1, -0.05) is 123 Å². The van der Waals surface area contributed by atoms with Gasteiger partial charge in [0.25, 0.3) is 0 Å². The SMILES string of the molecule is CC1(C)c2ccccc2-c2ccc3c(c21)N(c1ccccc1)c1ccc(-c2ccc4ccccc4c2)cc1N3c1ccccc1. The van der Waals surface area contributed by atoms with Crippen molar-refractivity contribution >= 4 is 44.9 Å². The van der Waals surface area contributed by atoms with Gasteiger partial charge < -0.3 is 9.80 Å². The van der Waals surface area contributed by atoms with Crippen LogP contribution in [0.25, 0.3) is 33.0 Å². The second-order valence-corrected chi connectivity index (χ2v) is 12.6. The van der Waals surface area contributed by atoms with Gasteiger partial charge in [-0.25, -0.2) is 0 Å². The van der Waals surface area contributed by atoms with Crippen LogP contribution in [0.1, 0.15) is 25.0 Å². The standard InChI is InChI=1S/C43H32N2/c1-43(2)37-20-12-11-19-35(37)36-24-26-39-42(41(36)43)45(34-17-7-4-8-18-34)38-25-23-32(28-40(38)44(39)33-15-5-3-6-16-33)31-22-21-29-13-9-10-14-30(29)27-31/h3-28H,1-2H3. The number of fused-ring (bicyclic) bond motifs is 7. The molecule has 1 heterocycles. The molecule has 0 bridgehead atoms. The maximum atomic E-state index is 2.50. The van der Waals surface area contributed by atoms with Crippen molar-refractivity contribution in [3.8, 4) is 22.3 Å². The van der Waals surface area contributed by atoms with Crippen LogP contribution in [0.2, 0.25) is 0 Å². The van der Waals surface area contributed by atoms with Crippen molar-refractivity contribution < 1.29 is 0 Å². The predicted molar refractivity (Wildman–Crippen MR) is 190 cm³/mol. The third kappa shape index (κ3) is 3.82. The lowest BCUT2D eigenvalue weighted by Crippen LogP contribution is -2.28. The maximum Gasteiger partial charge on any atom is 0.0750 e. The number of hydrogen-bond donors (Lipinski definition) is 0. The first-order chi connectivity index (χ1) is 22.1. The lowest BCUT2D eigenvalue weighted by Gasteiger charge is -2.43. The summed E-state index contributed by atoms with van der Waals surface area (Å²) in [5, 5.41) is 2.51. The van der Waals surface area contributed by atoms with Crippen molar-refractivity contribution in [1.82, 2.24) is 0 Å². The molecule has 7 aromatic rings.